The number of unbranched alkanes of at least 4 members (excludes halogenated alkanes) is 3. The van der Waals surface area contributed by atoms with Gasteiger partial charge in [-0.25, -0.2) is 0 Å². The Balaban J connectivity index is 1.58. The number of amides is 8. The van der Waals surface area contributed by atoms with Gasteiger partial charge >= 0.3 is 0 Å². The van der Waals surface area contributed by atoms with Gasteiger partial charge in [0, 0.05) is 29.3 Å². The van der Waals surface area contributed by atoms with E-state index in [0.29, 0.717) is 64.6 Å². The Morgan fingerprint density at radius 2 is 0.723 bits per heavy atom. The fourth-order valence-electron chi connectivity index (χ4n) is 8.43. The third-order valence-electron chi connectivity index (χ3n) is 12.9. The Labute approximate surface area is 481 Å². The number of carbonyl (C=O) groups excluding carboxylic acids is 8. The average molecular weight is 1150 g/mol. The van der Waals surface area contributed by atoms with E-state index in [0.717, 1.165) is 0 Å². The maximum atomic E-state index is 14.3. The largest absolute Gasteiger partial charge is 0.496 e. The molecule has 4 aromatic carbocycles. The van der Waals surface area contributed by atoms with Crippen LogP contribution in [0, 0.1) is 0 Å². The minimum Gasteiger partial charge on any atom is -0.496 e. The molecular formula is C56H79N15O12. The number of anilines is 4. The molecular weight excluding hydrogens is 1070 g/mol. The summed E-state index contributed by atoms with van der Waals surface area (Å²) < 4.78 is 21.7. The molecule has 27 heteroatoms. The summed E-state index contributed by atoms with van der Waals surface area (Å²) in [4.78, 5) is 113. The predicted octanol–water partition coefficient (Wildman–Crippen LogP) is 1.74. The number of nitrogens with zero attached hydrogens (tertiary/aromatic N) is 1. The molecule has 0 radical (unpaired) electrons. The van der Waals surface area contributed by atoms with Gasteiger partial charge in [0.25, 0.3) is 23.6 Å². The summed E-state index contributed by atoms with van der Waals surface area (Å²) in [5.41, 5.74) is 40.4. The summed E-state index contributed by atoms with van der Waals surface area (Å²) in [7, 11) is 5.39. The van der Waals surface area contributed by atoms with E-state index in [1.807, 2.05) is 0 Å². The molecule has 4 aromatic rings. The van der Waals surface area contributed by atoms with E-state index in [2.05, 4.69) is 42.2 Å². The van der Waals surface area contributed by atoms with Gasteiger partial charge in [0.2, 0.25) is 23.6 Å². The van der Waals surface area contributed by atoms with Crippen LogP contribution in [-0.4, -0.2) is 132 Å². The van der Waals surface area contributed by atoms with E-state index >= 15 is 0 Å². The van der Waals surface area contributed by atoms with Crippen molar-refractivity contribution in [1.29, 1.82) is 0 Å². The summed E-state index contributed by atoms with van der Waals surface area (Å²) >= 11 is 0. The van der Waals surface area contributed by atoms with Gasteiger partial charge in [-0.3, -0.25) is 43.3 Å². The first kappa shape index (κ1) is 66.5. The van der Waals surface area contributed by atoms with Crippen LogP contribution in [0.4, 0.5) is 22.7 Å². The number of benzene rings is 4. The Hall–Kier alpha value is -9.05. The predicted molar refractivity (Wildman–Crippen MR) is 315 cm³/mol. The number of ether oxygens (including phenoxy) is 4. The van der Waals surface area contributed by atoms with Gasteiger partial charge in [-0.2, -0.15) is 0 Å². The molecule has 21 N–H and O–H groups in total. The highest BCUT2D eigenvalue weighted by Gasteiger charge is 2.29. The van der Waals surface area contributed by atoms with Crippen molar-refractivity contribution in [2.45, 2.75) is 94.8 Å². The fourth-order valence-corrected chi connectivity index (χ4v) is 8.43. The van der Waals surface area contributed by atoms with Gasteiger partial charge in [0.1, 0.15) is 41.1 Å². The number of primary amides is 1. The number of aliphatic imine (C=N–C) groups is 1. The molecule has 0 spiro atoms. The Morgan fingerprint density at radius 1 is 0.422 bits per heavy atom. The lowest BCUT2D eigenvalue weighted by atomic mass is 10.1. The zero-order valence-electron chi connectivity index (χ0n) is 47.2. The first-order valence-corrected chi connectivity index (χ1v) is 26.9. The van der Waals surface area contributed by atoms with Crippen molar-refractivity contribution >= 4 is 76.0 Å². The highest BCUT2D eigenvalue weighted by Crippen LogP contribution is 2.28. The molecule has 0 aromatic heterocycles. The van der Waals surface area contributed by atoms with Crippen LogP contribution in [0.3, 0.4) is 0 Å². The number of rotatable bonds is 35. The maximum Gasteiger partial charge on any atom is 0.255 e. The SMILES string of the molecule is COc1ccc(NC(=O)C(CCCCN)NC(=O)c2cc(NC(=O)C(CCCN=C(N)N)NC(=O)c3cc(NC(=O)C(CCCCN)NC(=O)c4cc(NC(=O)C(N)CCCCN)ccc4OC)ccc3OC)ccc2OC)cc1C(N)=O. The van der Waals surface area contributed by atoms with E-state index in [1.165, 1.54) is 95.2 Å². The second-order valence-electron chi connectivity index (χ2n) is 19.0. The number of nitrogens with one attached hydrogen (secondary N) is 7. The van der Waals surface area contributed by atoms with Crippen LogP contribution in [0.5, 0.6) is 23.0 Å². The second-order valence-corrected chi connectivity index (χ2v) is 19.0. The summed E-state index contributed by atoms with van der Waals surface area (Å²) in [6, 6.07) is 12.9. The topological polar surface area (TPSA) is 452 Å². The molecule has 83 heavy (non-hydrogen) atoms. The van der Waals surface area contributed by atoms with Crippen LogP contribution in [0.15, 0.2) is 77.8 Å². The minimum atomic E-state index is -1.27. The van der Waals surface area contributed by atoms with Crippen molar-refractivity contribution in [2.24, 2.45) is 45.1 Å². The average Bonchev–Trinajstić information content (AvgIpc) is 3.56. The van der Waals surface area contributed by atoms with Crippen LogP contribution in [0.1, 0.15) is 112 Å². The van der Waals surface area contributed by atoms with Crippen LogP contribution in [-0.2, 0) is 19.2 Å². The van der Waals surface area contributed by atoms with E-state index < -0.39 is 71.4 Å². The third kappa shape index (κ3) is 20.8. The molecule has 450 valence electrons. The van der Waals surface area contributed by atoms with Crippen LogP contribution in [0.2, 0.25) is 0 Å². The van der Waals surface area contributed by atoms with Gasteiger partial charge in [0.15, 0.2) is 5.96 Å². The number of nitrogens with two attached hydrogens (primary N) is 7. The third-order valence-corrected chi connectivity index (χ3v) is 12.9. The van der Waals surface area contributed by atoms with Gasteiger partial charge in [0.05, 0.1) is 56.7 Å². The lowest BCUT2D eigenvalue weighted by Crippen LogP contribution is -2.44. The normalized spacial score (nSPS) is 12.2. The Kier molecular flexibility index (Phi) is 27.5. The number of guanidine groups is 1. The molecule has 0 saturated heterocycles. The molecule has 0 aliphatic heterocycles. The number of hydrogen-bond acceptors (Lipinski definition) is 17. The Morgan fingerprint density at radius 3 is 1.04 bits per heavy atom. The van der Waals surface area contributed by atoms with E-state index in [-0.39, 0.29) is 106 Å². The fraction of sp³-hybridized carbons (Fsp3) is 0.411. The van der Waals surface area contributed by atoms with Crippen molar-refractivity contribution in [3.05, 3.63) is 95.1 Å². The molecule has 0 aliphatic carbocycles. The first-order chi connectivity index (χ1) is 39.8. The molecule has 0 saturated carbocycles. The smallest absolute Gasteiger partial charge is 0.255 e. The summed E-state index contributed by atoms with van der Waals surface area (Å²) in [5.74, 6) is -5.12. The number of hydrogen-bond donors (Lipinski definition) is 14. The van der Waals surface area contributed by atoms with E-state index in [1.54, 1.807) is 6.07 Å². The molecule has 27 nitrogen and oxygen atoms in total. The quantitative estimate of drug-likeness (QED) is 0.0177. The molecule has 4 rings (SSSR count). The van der Waals surface area contributed by atoms with Crippen LogP contribution in [0.25, 0.3) is 0 Å². The molecule has 0 bridgehead atoms. The molecule has 0 aliphatic rings. The van der Waals surface area contributed by atoms with Gasteiger partial charge < -0.3 is 96.3 Å². The van der Waals surface area contributed by atoms with Gasteiger partial charge in [-0.1, -0.05) is 6.42 Å². The molecule has 8 amide bonds. The molecule has 0 heterocycles. The summed E-state index contributed by atoms with van der Waals surface area (Å²) in [6.07, 6.45) is 4.29. The Bertz CT molecular complexity index is 2920. The zero-order chi connectivity index (χ0) is 61.0. The summed E-state index contributed by atoms with van der Waals surface area (Å²) in [5, 5.41) is 19.2. The van der Waals surface area contributed by atoms with Gasteiger partial charge in [-0.15, -0.1) is 0 Å². The van der Waals surface area contributed by atoms with Crippen molar-refractivity contribution in [3.63, 3.8) is 0 Å². The van der Waals surface area contributed by atoms with Gasteiger partial charge in [-0.05, 0) is 157 Å². The number of methoxy groups -OCH3 is 4. The van der Waals surface area contributed by atoms with E-state index in [9.17, 15) is 38.4 Å². The lowest BCUT2D eigenvalue weighted by Gasteiger charge is -2.22. The molecule has 0 fully saturated rings. The van der Waals surface area contributed by atoms with Crippen molar-refractivity contribution in [3.8, 4) is 23.0 Å². The number of carbonyl (C=O) groups is 8. The minimum absolute atomic E-state index is 0.00166. The first-order valence-electron chi connectivity index (χ1n) is 26.9. The van der Waals surface area contributed by atoms with Crippen molar-refractivity contribution in [1.82, 2.24) is 16.0 Å². The van der Waals surface area contributed by atoms with Crippen molar-refractivity contribution in [2.75, 3.05) is 75.9 Å². The van der Waals surface area contributed by atoms with E-state index in [4.69, 9.17) is 59.1 Å². The monoisotopic (exact) mass is 1150 g/mol. The van der Waals surface area contributed by atoms with Crippen LogP contribution >= 0.6 is 0 Å². The highest BCUT2D eigenvalue weighted by molar-refractivity contribution is 6.07. The second kappa shape index (κ2) is 34.3. The van der Waals surface area contributed by atoms with Crippen LogP contribution < -0.4 is 96.3 Å². The standard InChI is InChI=1S/C56H79N15O12/c1-80-44-20-16-32(28-36(44)48(61)72)66-53(77)41(13-6-9-25-58)69-50(74)38-31-35(19-23-46(38)82-3)68-55(79)43(15-11-27-64-56(62)63)71-51(75)39-30-34(18-22-47(39)83-4)67-54(78)42(14-7-10-26-59)70-49(73)37-29-33(17-21-45(37)81-2)65-52(76)40(60)12-5-8-24-57/h16-23,28-31,40-43H,5-15,24-27,57-60H2,1-4H3,(H2,61,72)(H,65,76)(H,66,77)(H,67,78)(H,68,79)(H,69,74)(H,70,73)(H,71,75)(H4,62,63,64). The zero-order valence-corrected chi connectivity index (χ0v) is 47.2. The molecule has 4 atom stereocenters. The van der Waals surface area contributed by atoms with Crippen molar-refractivity contribution < 1.29 is 57.3 Å². The lowest BCUT2D eigenvalue weighted by molar-refractivity contribution is -0.118. The highest BCUT2D eigenvalue weighted by atomic mass is 16.5. The molecule has 4 unspecified atom stereocenters. The maximum absolute atomic E-state index is 14.3. The summed E-state index contributed by atoms with van der Waals surface area (Å²) in [6.45, 7) is 1.21.